The van der Waals surface area contributed by atoms with Crippen LogP contribution in [0.15, 0.2) is 39.8 Å². The van der Waals surface area contributed by atoms with Gasteiger partial charge in [-0.1, -0.05) is 26.0 Å². The molecule has 1 heterocycles. The minimum Gasteiger partial charge on any atom is -0.428 e. The van der Waals surface area contributed by atoms with E-state index >= 15 is 0 Å². The zero-order chi connectivity index (χ0) is 15.5. The molecule has 5 nitrogen and oxygen atoms in total. The Labute approximate surface area is 125 Å². The van der Waals surface area contributed by atoms with Gasteiger partial charge in [0.25, 0.3) is 10.0 Å². The van der Waals surface area contributed by atoms with Crippen LogP contribution in [0.1, 0.15) is 31.6 Å². The number of nitrogens with one attached hydrogen (secondary N) is 1. The van der Waals surface area contributed by atoms with Gasteiger partial charge in [0.2, 0.25) is 0 Å². The summed E-state index contributed by atoms with van der Waals surface area (Å²) >= 11 is 0. The lowest BCUT2D eigenvalue weighted by Gasteiger charge is -2.07. The van der Waals surface area contributed by atoms with Crippen molar-refractivity contribution in [3.05, 3.63) is 41.8 Å². The van der Waals surface area contributed by atoms with Crippen LogP contribution in [0.25, 0.3) is 0 Å². The van der Waals surface area contributed by atoms with Crippen molar-refractivity contribution in [2.24, 2.45) is 5.92 Å². The minimum absolute atomic E-state index is 0.0172. The second kappa shape index (κ2) is 6.30. The summed E-state index contributed by atoms with van der Waals surface area (Å²) in [5.41, 5.74) is 1.13. The second-order valence-electron chi connectivity index (χ2n) is 5.46. The van der Waals surface area contributed by atoms with Crippen LogP contribution in [-0.4, -0.2) is 13.4 Å². The molecule has 2 rings (SSSR count). The van der Waals surface area contributed by atoms with E-state index in [1.165, 1.54) is 6.20 Å². The van der Waals surface area contributed by atoms with E-state index in [-0.39, 0.29) is 10.9 Å². The molecule has 0 fully saturated rings. The van der Waals surface area contributed by atoms with E-state index in [1.54, 1.807) is 19.1 Å². The minimum atomic E-state index is -3.65. The Bertz CT molecular complexity index is 688. The Kier molecular flexibility index (Phi) is 4.67. The SMILES string of the molecule is Cc1cnc(NS(=O)(=O)c2ccc(CCC(C)C)cc2)o1. The van der Waals surface area contributed by atoms with Gasteiger partial charge in [-0.05, 0) is 43.4 Å². The fourth-order valence-corrected chi connectivity index (χ4v) is 2.80. The second-order valence-corrected chi connectivity index (χ2v) is 7.14. The van der Waals surface area contributed by atoms with Crippen molar-refractivity contribution in [3.63, 3.8) is 0 Å². The summed E-state index contributed by atoms with van der Waals surface area (Å²) in [6.45, 7) is 6.04. The van der Waals surface area contributed by atoms with Crippen molar-refractivity contribution in [1.82, 2.24) is 4.98 Å². The monoisotopic (exact) mass is 308 g/mol. The average molecular weight is 308 g/mol. The van der Waals surface area contributed by atoms with Gasteiger partial charge < -0.3 is 4.42 Å². The lowest BCUT2D eigenvalue weighted by molar-refractivity contribution is 0.543. The highest BCUT2D eigenvalue weighted by molar-refractivity contribution is 7.92. The van der Waals surface area contributed by atoms with Crippen molar-refractivity contribution in [1.29, 1.82) is 0 Å². The first-order chi connectivity index (χ1) is 9.87. The number of benzene rings is 1. The van der Waals surface area contributed by atoms with Crippen molar-refractivity contribution >= 4 is 16.0 Å². The number of oxazole rings is 1. The Morgan fingerprint density at radius 1 is 1.24 bits per heavy atom. The number of hydrogen-bond acceptors (Lipinski definition) is 4. The topological polar surface area (TPSA) is 72.2 Å². The number of anilines is 1. The maximum Gasteiger partial charge on any atom is 0.309 e. The Morgan fingerprint density at radius 3 is 2.43 bits per heavy atom. The highest BCUT2D eigenvalue weighted by Gasteiger charge is 2.16. The maximum atomic E-state index is 12.2. The van der Waals surface area contributed by atoms with E-state index in [1.807, 2.05) is 12.1 Å². The molecule has 1 aromatic heterocycles. The highest BCUT2D eigenvalue weighted by Crippen LogP contribution is 2.17. The van der Waals surface area contributed by atoms with Crippen LogP contribution in [-0.2, 0) is 16.4 Å². The van der Waals surface area contributed by atoms with E-state index in [0.717, 1.165) is 18.4 Å². The molecule has 114 valence electrons. The summed E-state index contributed by atoms with van der Waals surface area (Å²) in [6.07, 6.45) is 3.50. The molecular weight excluding hydrogens is 288 g/mol. The lowest BCUT2D eigenvalue weighted by atomic mass is 10.0. The third-order valence-electron chi connectivity index (χ3n) is 3.09. The standard InChI is InChI=1S/C15H20N2O3S/c1-11(2)4-5-13-6-8-14(9-7-13)21(18,19)17-15-16-10-12(3)20-15/h6-11H,4-5H2,1-3H3,(H,16,17). The van der Waals surface area contributed by atoms with Crippen molar-refractivity contribution in [2.75, 3.05) is 4.72 Å². The Hall–Kier alpha value is -1.82. The quantitative estimate of drug-likeness (QED) is 0.888. The number of sulfonamides is 1. The average Bonchev–Trinajstić information content (AvgIpc) is 2.81. The molecule has 0 radical (unpaired) electrons. The van der Waals surface area contributed by atoms with Crippen molar-refractivity contribution < 1.29 is 12.8 Å². The number of rotatable bonds is 6. The number of nitrogens with zero attached hydrogens (tertiary/aromatic N) is 1. The van der Waals surface area contributed by atoms with Crippen LogP contribution in [0.3, 0.4) is 0 Å². The van der Waals surface area contributed by atoms with Crippen molar-refractivity contribution in [3.8, 4) is 0 Å². The first kappa shape index (κ1) is 15.6. The summed E-state index contributed by atoms with van der Waals surface area (Å²) in [7, 11) is -3.65. The fraction of sp³-hybridized carbons (Fsp3) is 0.400. The summed E-state index contributed by atoms with van der Waals surface area (Å²) in [6, 6.07) is 6.88. The number of aromatic nitrogens is 1. The van der Waals surface area contributed by atoms with Crippen LogP contribution in [0.5, 0.6) is 0 Å². The number of aryl methyl sites for hydroxylation is 2. The highest BCUT2D eigenvalue weighted by atomic mass is 32.2. The van der Waals surface area contributed by atoms with Gasteiger partial charge in [-0.2, -0.15) is 0 Å². The smallest absolute Gasteiger partial charge is 0.309 e. The molecule has 0 unspecified atom stereocenters. The van der Waals surface area contributed by atoms with Crippen LogP contribution in [0.4, 0.5) is 6.01 Å². The molecule has 0 amide bonds. The summed E-state index contributed by atoms with van der Waals surface area (Å²) < 4.78 is 31.8. The Morgan fingerprint density at radius 2 is 1.90 bits per heavy atom. The first-order valence-electron chi connectivity index (χ1n) is 6.91. The molecule has 0 aliphatic rings. The number of hydrogen-bond donors (Lipinski definition) is 1. The molecule has 0 saturated heterocycles. The third-order valence-corrected chi connectivity index (χ3v) is 4.42. The predicted molar refractivity (Wildman–Crippen MR) is 81.6 cm³/mol. The zero-order valence-electron chi connectivity index (χ0n) is 12.5. The molecular formula is C15H20N2O3S. The van der Waals surface area contributed by atoms with E-state index in [9.17, 15) is 8.42 Å². The van der Waals surface area contributed by atoms with Crippen LogP contribution in [0.2, 0.25) is 0 Å². The maximum absolute atomic E-state index is 12.2. The van der Waals surface area contributed by atoms with Gasteiger partial charge in [0.1, 0.15) is 5.76 Å². The molecule has 6 heteroatoms. The molecule has 21 heavy (non-hydrogen) atoms. The normalized spacial score (nSPS) is 11.8. The van der Waals surface area contributed by atoms with Gasteiger partial charge in [0.05, 0.1) is 11.1 Å². The summed E-state index contributed by atoms with van der Waals surface area (Å²) in [5, 5.41) is 0. The van der Waals surface area contributed by atoms with Gasteiger partial charge >= 0.3 is 6.01 Å². The molecule has 2 aromatic rings. The lowest BCUT2D eigenvalue weighted by Crippen LogP contribution is -2.13. The first-order valence-corrected chi connectivity index (χ1v) is 8.39. The van der Waals surface area contributed by atoms with Gasteiger partial charge in [-0.25, -0.2) is 18.1 Å². The van der Waals surface area contributed by atoms with Gasteiger partial charge in [-0.3, -0.25) is 0 Å². The molecule has 0 bridgehead atoms. The zero-order valence-corrected chi connectivity index (χ0v) is 13.3. The predicted octanol–water partition coefficient (Wildman–Crippen LogP) is 3.37. The summed E-state index contributed by atoms with van der Waals surface area (Å²) in [4.78, 5) is 4.04. The van der Waals surface area contributed by atoms with Crippen molar-refractivity contribution in [2.45, 2.75) is 38.5 Å². The molecule has 0 saturated carbocycles. The molecule has 0 aliphatic heterocycles. The van der Waals surface area contributed by atoms with Gasteiger partial charge in [0, 0.05) is 0 Å². The van der Waals surface area contributed by atoms with E-state index in [0.29, 0.717) is 11.7 Å². The van der Waals surface area contributed by atoms with Gasteiger partial charge in [0.15, 0.2) is 0 Å². The van der Waals surface area contributed by atoms with E-state index in [4.69, 9.17) is 4.42 Å². The molecule has 0 atom stereocenters. The summed E-state index contributed by atoms with van der Waals surface area (Å²) in [5.74, 6) is 1.18. The van der Waals surface area contributed by atoms with E-state index < -0.39 is 10.0 Å². The molecule has 0 aliphatic carbocycles. The molecule has 1 N–H and O–H groups in total. The third kappa shape index (κ3) is 4.32. The van der Waals surface area contributed by atoms with Crippen LogP contribution >= 0.6 is 0 Å². The van der Waals surface area contributed by atoms with Crippen LogP contribution < -0.4 is 4.72 Å². The van der Waals surface area contributed by atoms with Crippen LogP contribution in [0, 0.1) is 12.8 Å². The molecule has 0 spiro atoms. The molecule has 1 aromatic carbocycles. The fourth-order valence-electron chi connectivity index (χ4n) is 1.87. The van der Waals surface area contributed by atoms with Gasteiger partial charge in [-0.15, -0.1) is 0 Å². The largest absolute Gasteiger partial charge is 0.428 e. The Balaban J connectivity index is 2.09. The van der Waals surface area contributed by atoms with E-state index in [2.05, 4.69) is 23.6 Å².